The summed E-state index contributed by atoms with van der Waals surface area (Å²) in [5.41, 5.74) is 0.965. The van der Waals surface area contributed by atoms with Gasteiger partial charge in [-0.2, -0.15) is 0 Å². The summed E-state index contributed by atoms with van der Waals surface area (Å²) in [4.78, 5) is 33.1. The Bertz CT molecular complexity index is 592. The zero-order valence-electron chi connectivity index (χ0n) is 15.0. The van der Waals surface area contributed by atoms with Crippen molar-refractivity contribution in [2.45, 2.75) is 38.1 Å². The zero-order valence-corrected chi connectivity index (χ0v) is 15.0. The highest BCUT2D eigenvalue weighted by Gasteiger charge is 2.39. The number of nitrogens with one attached hydrogen (secondary N) is 1. The highest BCUT2D eigenvalue weighted by molar-refractivity contribution is 5.78. The lowest BCUT2D eigenvalue weighted by atomic mass is 9.83. The van der Waals surface area contributed by atoms with E-state index < -0.39 is 0 Å². The van der Waals surface area contributed by atoms with Crippen molar-refractivity contribution in [3.05, 3.63) is 30.1 Å². The summed E-state index contributed by atoms with van der Waals surface area (Å²) in [7, 11) is 1.91. The lowest BCUT2D eigenvalue weighted by molar-refractivity contribution is -0.144. The number of rotatable bonds is 6. The second kappa shape index (κ2) is 8.43. The van der Waals surface area contributed by atoms with Crippen LogP contribution in [0.3, 0.4) is 0 Å². The number of aromatic nitrogens is 1. The van der Waals surface area contributed by atoms with E-state index in [1.54, 1.807) is 6.20 Å². The van der Waals surface area contributed by atoms with E-state index >= 15 is 0 Å². The third-order valence-corrected chi connectivity index (χ3v) is 5.42. The van der Waals surface area contributed by atoms with Gasteiger partial charge < -0.3 is 15.1 Å². The number of likely N-dealkylation sites (tertiary alicyclic amines) is 2. The summed E-state index contributed by atoms with van der Waals surface area (Å²) in [6.07, 6.45) is 5.39. The molecule has 2 saturated heterocycles. The summed E-state index contributed by atoms with van der Waals surface area (Å²) >= 11 is 0. The van der Waals surface area contributed by atoms with Gasteiger partial charge in [-0.15, -0.1) is 0 Å². The Labute approximate surface area is 149 Å². The molecule has 0 radical (unpaired) electrons. The van der Waals surface area contributed by atoms with Crippen molar-refractivity contribution in [2.75, 3.05) is 33.2 Å². The smallest absolute Gasteiger partial charge is 0.222 e. The van der Waals surface area contributed by atoms with Gasteiger partial charge >= 0.3 is 0 Å². The van der Waals surface area contributed by atoms with Crippen LogP contribution in [-0.4, -0.2) is 65.9 Å². The second-order valence-electron chi connectivity index (χ2n) is 7.01. The van der Waals surface area contributed by atoms with Crippen LogP contribution < -0.4 is 5.32 Å². The first-order chi connectivity index (χ1) is 12.2. The van der Waals surface area contributed by atoms with Gasteiger partial charge in [0.1, 0.15) is 0 Å². The Morgan fingerprint density at radius 3 is 3.00 bits per heavy atom. The molecule has 136 valence electrons. The molecule has 1 aromatic heterocycles. The van der Waals surface area contributed by atoms with E-state index in [0.29, 0.717) is 31.2 Å². The molecular weight excluding hydrogens is 316 g/mol. The van der Waals surface area contributed by atoms with Crippen molar-refractivity contribution in [1.82, 2.24) is 20.1 Å². The van der Waals surface area contributed by atoms with Crippen molar-refractivity contribution in [3.8, 4) is 0 Å². The molecular formula is C19H28N4O2. The van der Waals surface area contributed by atoms with Crippen molar-refractivity contribution < 1.29 is 9.59 Å². The van der Waals surface area contributed by atoms with E-state index in [1.807, 2.05) is 35.0 Å². The highest BCUT2D eigenvalue weighted by atomic mass is 16.2. The number of nitrogens with zero attached hydrogens (tertiary/aromatic N) is 3. The van der Waals surface area contributed by atoms with Crippen LogP contribution in [-0.2, 0) is 16.0 Å². The van der Waals surface area contributed by atoms with Crippen molar-refractivity contribution >= 4 is 11.8 Å². The normalized spacial score (nSPS) is 23.5. The van der Waals surface area contributed by atoms with E-state index in [4.69, 9.17) is 0 Å². The molecule has 0 bridgehead atoms. The number of carbonyl (C=O) groups is 2. The first-order valence-corrected chi connectivity index (χ1v) is 9.31. The van der Waals surface area contributed by atoms with Crippen LogP contribution in [0.1, 0.15) is 31.4 Å². The summed E-state index contributed by atoms with van der Waals surface area (Å²) in [6.45, 7) is 3.13. The third kappa shape index (κ3) is 4.37. The minimum Gasteiger partial charge on any atom is -0.342 e. The fourth-order valence-electron chi connectivity index (χ4n) is 4.04. The lowest BCUT2D eigenvalue weighted by Gasteiger charge is -2.47. The van der Waals surface area contributed by atoms with Gasteiger partial charge in [0.05, 0.1) is 0 Å². The van der Waals surface area contributed by atoms with Gasteiger partial charge in [0.15, 0.2) is 0 Å². The van der Waals surface area contributed by atoms with Gasteiger partial charge in [-0.3, -0.25) is 14.6 Å². The molecule has 0 aliphatic carbocycles. The quantitative estimate of drug-likeness (QED) is 0.838. The number of amides is 2. The van der Waals surface area contributed by atoms with Crippen LogP contribution in [0.25, 0.3) is 0 Å². The standard InChI is InChI=1S/C19H28N4O2/c1-20-11-13-23-17-9-12-22(14-15(17)5-7-19(23)25)18(24)8-6-16-4-2-3-10-21-16/h2-4,10,15,17,20H,5-9,11-14H2,1H3/t15-,17+/m0/s1. The number of aryl methyl sites for hydroxylation is 1. The molecule has 2 amide bonds. The molecule has 0 aromatic carbocycles. The van der Waals surface area contributed by atoms with Crippen molar-refractivity contribution in [2.24, 2.45) is 5.92 Å². The molecule has 2 aliphatic rings. The molecule has 6 nitrogen and oxygen atoms in total. The molecule has 25 heavy (non-hydrogen) atoms. The van der Waals surface area contributed by atoms with Crippen LogP contribution in [0.5, 0.6) is 0 Å². The largest absolute Gasteiger partial charge is 0.342 e. The van der Waals surface area contributed by atoms with Gasteiger partial charge in [-0.05, 0) is 44.4 Å². The van der Waals surface area contributed by atoms with Gasteiger partial charge in [-0.25, -0.2) is 0 Å². The number of pyridine rings is 1. The molecule has 1 N–H and O–H groups in total. The summed E-state index contributed by atoms with van der Waals surface area (Å²) in [6, 6.07) is 6.11. The topological polar surface area (TPSA) is 65.5 Å². The first kappa shape index (κ1) is 17.9. The molecule has 3 rings (SSSR count). The average Bonchev–Trinajstić information content (AvgIpc) is 2.66. The minimum absolute atomic E-state index is 0.211. The number of fused-ring (bicyclic) bond motifs is 1. The zero-order chi connectivity index (χ0) is 17.6. The van der Waals surface area contributed by atoms with Gasteiger partial charge in [0.2, 0.25) is 11.8 Å². The average molecular weight is 344 g/mol. The van der Waals surface area contributed by atoms with E-state index in [-0.39, 0.29) is 11.8 Å². The molecule has 0 spiro atoms. The first-order valence-electron chi connectivity index (χ1n) is 9.31. The molecule has 2 aliphatic heterocycles. The Morgan fingerprint density at radius 2 is 2.24 bits per heavy atom. The van der Waals surface area contributed by atoms with E-state index in [9.17, 15) is 9.59 Å². The predicted octanol–water partition coefficient (Wildman–Crippen LogP) is 1.07. The summed E-state index contributed by atoms with van der Waals surface area (Å²) < 4.78 is 0. The molecule has 6 heteroatoms. The fourth-order valence-corrected chi connectivity index (χ4v) is 4.04. The highest BCUT2D eigenvalue weighted by Crippen LogP contribution is 2.31. The Hall–Kier alpha value is -1.95. The van der Waals surface area contributed by atoms with Crippen molar-refractivity contribution in [1.29, 1.82) is 0 Å². The second-order valence-corrected chi connectivity index (χ2v) is 7.01. The van der Waals surface area contributed by atoms with E-state index in [2.05, 4.69) is 10.3 Å². The molecule has 3 heterocycles. The molecule has 2 fully saturated rings. The molecule has 0 saturated carbocycles. The number of carbonyl (C=O) groups excluding carboxylic acids is 2. The summed E-state index contributed by atoms with van der Waals surface area (Å²) in [5, 5.41) is 3.13. The number of piperidine rings is 2. The maximum absolute atomic E-state index is 12.6. The SMILES string of the molecule is CNCCN1C(=O)CC[C@H]2CN(C(=O)CCc3ccccn3)CC[C@H]21. The number of hydrogen-bond acceptors (Lipinski definition) is 4. The van der Waals surface area contributed by atoms with Crippen LogP contribution >= 0.6 is 0 Å². The minimum atomic E-state index is 0.211. The monoisotopic (exact) mass is 344 g/mol. The van der Waals surface area contributed by atoms with Gasteiger partial charge in [-0.1, -0.05) is 6.07 Å². The maximum Gasteiger partial charge on any atom is 0.222 e. The Kier molecular flexibility index (Phi) is 6.02. The van der Waals surface area contributed by atoms with Crippen LogP contribution in [0, 0.1) is 5.92 Å². The van der Waals surface area contributed by atoms with Crippen molar-refractivity contribution in [3.63, 3.8) is 0 Å². The third-order valence-electron chi connectivity index (χ3n) is 5.42. The van der Waals surface area contributed by atoms with Gasteiger partial charge in [0.25, 0.3) is 0 Å². The number of likely N-dealkylation sites (N-methyl/N-ethyl adjacent to an activating group) is 1. The molecule has 2 atom stereocenters. The molecule has 1 aromatic rings. The summed E-state index contributed by atoms with van der Waals surface area (Å²) in [5.74, 6) is 0.899. The van der Waals surface area contributed by atoms with E-state index in [1.165, 1.54) is 0 Å². The predicted molar refractivity (Wildman–Crippen MR) is 95.9 cm³/mol. The Balaban J connectivity index is 1.53. The van der Waals surface area contributed by atoms with Crippen LogP contribution in [0.4, 0.5) is 0 Å². The van der Waals surface area contributed by atoms with Crippen LogP contribution in [0.2, 0.25) is 0 Å². The fraction of sp³-hybridized carbons (Fsp3) is 0.632. The number of hydrogen-bond donors (Lipinski definition) is 1. The maximum atomic E-state index is 12.6. The lowest BCUT2D eigenvalue weighted by Crippen LogP contribution is -2.57. The molecule has 0 unspecified atom stereocenters. The Morgan fingerprint density at radius 1 is 1.36 bits per heavy atom. The van der Waals surface area contributed by atoms with Crippen LogP contribution in [0.15, 0.2) is 24.4 Å². The van der Waals surface area contributed by atoms with Gasteiger partial charge in [0, 0.05) is 57.0 Å². The van der Waals surface area contributed by atoms with E-state index in [0.717, 1.165) is 44.7 Å².